The molecule has 2 rings (SSSR count). The Kier molecular flexibility index (Phi) is 4.97. The first-order valence-electron chi connectivity index (χ1n) is 7.23. The standard InChI is InChI=1S/C16H23NO2/c1-2-12-5-9-15(10-6-12)17-16(19)14-7-3-13(11-18)4-8-14/h5-6,9-10,13-14,18H,2-4,7-8,11H2,1H3,(H,17,19). The van der Waals surface area contributed by atoms with Crippen LogP contribution in [0, 0.1) is 11.8 Å². The van der Waals surface area contributed by atoms with Crippen LogP contribution in [0.3, 0.4) is 0 Å². The monoisotopic (exact) mass is 261 g/mol. The topological polar surface area (TPSA) is 49.3 Å². The highest BCUT2D eigenvalue weighted by Gasteiger charge is 2.25. The van der Waals surface area contributed by atoms with E-state index in [4.69, 9.17) is 5.11 Å². The van der Waals surface area contributed by atoms with Gasteiger partial charge in [-0.05, 0) is 55.7 Å². The molecule has 1 amide bonds. The van der Waals surface area contributed by atoms with Gasteiger partial charge in [0, 0.05) is 18.2 Å². The zero-order chi connectivity index (χ0) is 13.7. The van der Waals surface area contributed by atoms with Gasteiger partial charge in [-0.3, -0.25) is 4.79 Å². The first-order valence-corrected chi connectivity index (χ1v) is 7.23. The number of rotatable bonds is 4. The molecule has 2 N–H and O–H groups in total. The number of nitrogens with one attached hydrogen (secondary N) is 1. The van der Waals surface area contributed by atoms with Gasteiger partial charge in [0.2, 0.25) is 5.91 Å². The van der Waals surface area contributed by atoms with Crippen molar-refractivity contribution in [3.05, 3.63) is 29.8 Å². The molecule has 1 saturated carbocycles. The SMILES string of the molecule is CCc1ccc(NC(=O)C2CCC(CO)CC2)cc1. The molecule has 0 radical (unpaired) electrons. The van der Waals surface area contributed by atoms with E-state index in [0.29, 0.717) is 5.92 Å². The third kappa shape index (κ3) is 3.80. The zero-order valence-electron chi connectivity index (χ0n) is 11.6. The lowest BCUT2D eigenvalue weighted by atomic mass is 9.82. The van der Waals surface area contributed by atoms with Gasteiger partial charge < -0.3 is 10.4 Å². The van der Waals surface area contributed by atoms with Gasteiger partial charge in [-0.2, -0.15) is 0 Å². The summed E-state index contributed by atoms with van der Waals surface area (Å²) in [4.78, 5) is 12.1. The van der Waals surface area contributed by atoms with E-state index >= 15 is 0 Å². The highest BCUT2D eigenvalue weighted by Crippen LogP contribution is 2.29. The molecule has 0 aromatic heterocycles. The highest BCUT2D eigenvalue weighted by molar-refractivity contribution is 5.92. The van der Waals surface area contributed by atoms with Gasteiger partial charge in [0.25, 0.3) is 0 Å². The van der Waals surface area contributed by atoms with Gasteiger partial charge in [-0.25, -0.2) is 0 Å². The van der Waals surface area contributed by atoms with Gasteiger partial charge in [-0.15, -0.1) is 0 Å². The number of aliphatic hydroxyl groups is 1. The molecular formula is C16H23NO2. The first kappa shape index (κ1) is 14.1. The summed E-state index contributed by atoms with van der Waals surface area (Å²) in [6.07, 6.45) is 4.72. The van der Waals surface area contributed by atoms with Crippen LogP contribution < -0.4 is 5.32 Å². The summed E-state index contributed by atoms with van der Waals surface area (Å²) in [5.41, 5.74) is 2.16. The number of anilines is 1. The number of hydrogen-bond acceptors (Lipinski definition) is 2. The summed E-state index contributed by atoms with van der Waals surface area (Å²) in [6.45, 7) is 2.38. The largest absolute Gasteiger partial charge is 0.396 e. The van der Waals surface area contributed by atoms with E-state index in [1.165, 1.54) is 5.56 Å². The van der Waals surface area contributed by atoms with E-state index in [-0.39, 0.29) is 18.4 Å². The van der Waals surface area contributed by atoms with Crippen LogP contribution in [0.2, 0.25) is 0 Å². The summed E-state index contributed by atoms with van der Waals surface area (Å²) in [7, 11) is 0. The molecule has 19 heavy (non-hydrogen) atoms. The van der Waals surface area contributed by atoms with Crippen LogP contribution >= 0.6 is 0 Å². The predicted molar refractivity (Wildman–Crippen MR) is 77.0 cm³/mol. The number of benzene rings is 1. The minimum atomic E-state index is 0.105. The molecule has 1 aliphatic rings. The van der Waals surface area contributed by atoms with E-state index in [1.54, 1.807) is 0 Å². The van der Waals surface area contributed by atoms with Crippen LogP contribution in [-0.4, -0.2) is 17.6 Å². The average Bonchev–Trinajstić information content (AvgIpc) is 2.48. The Bertz CT molecular complexity index is 405. The maximum Gasteiger partial charge on any atom is 0.227 e. The number of amides is 1. The summed E-state index contributed by atoms with van der Waals surface area (Å²) < 4.78 is 0. The fourth-order valence-electron chi connectivity index (χ4n) is 2.68. The molecule has 3 nitrogen and oxygen atoms in total. The van der Waals surface area contributed by atoms with Gasteiger partial charge in [-0.1, -0.05) is 19.1 Å². The van der Waals surface area contributed by atoms with E-state index in [2.05, 4.69) is 24.4 Å². The molecule has 0 bridgehead atoms. The Morgan fingerprint density at radius 2 is 1.84 bits per heavy atom. The summed E-state index contributed by atoms with van der Waals surface area (Å²) >= 11 is 0. The molecule has 0 heterocycles. The summed E-state index contributed by atoms with van der Waals surface area (Å²) in [6, 6.07) is 8.04. The fraction of sp³-hybridized carbons (Fsp3) is 0.562. The predicted octanol–water partition coefficient (Wildman–Crippen LogP) is 2.99. The van der Waals surface area contributed by atoms with Crippen LogP contribution in [0.5, 0.6) is 0 Å². The Morgan fingerprint density at radius 3 is 2.37 bits per heavy atom. The first-order chi connectivity index (χ1) is 9.22. The molecule has 3 heteroatoms. The molecule has 1 aromatic carbocycles. The maximum atomic E-state index is 12.1. The van der Waals surface area contributed by atoms with Gasteiger partial charge in [0.15, 0.2) is 0 Å². The molecule has 104 valence electrons. The van der Waals surface area contributed by atoms with E-state index in [1.807, 2.05) is 12.1 Å². The van der Waals surface area contributed by atoms with Crippen molar-refractivity contribution >= 4 is 11.6 Å². The number of carbonyl (C=O) groups is 1. The maximum absolute atomic E-state index is 12.1. The third-order valence-electron chi connectivity index (χ3n) is 4.11. The molecule has 0 saturated heterocycles. The molecule has 0 spiro atoms. The van der Waals surface area contributed by atoms with E-state index in [9.17, 15) is 4.79 Å². The quantitative estimate of drug-likeness (QED) is 0.875. The van der Waals surface area contributed by atoms with Crippen molar-refractivity contribution in [3.8, 4) is 0 Å². The van der Waals surface area contributed by atoms with Crippen LogP contribution in [0.4, 0.5) is 5.69 Å². The highest BCUT2D eigenvalue weighted by atomic mass is 16.3. The Hall–Kier alpha value is -1.35. The van der Waals surface area contributed by atoms with Crippen molar-refractivity contribution in [2.75, 3.05) is 11.9 Å². The van der Waals surface area contributed by atoms with Crippen LogP contribution in [0.15, 0.2) is 24.3 Å². The smallest absolute Gasteiger partial charge is 0.227 e. The molecule has 0 aliphatic heterocycles. The molecule has 0 atom stereocenters. The molecule has 1 aromatic rings. The van der Waals surface area contributed by atoms with E-state index in [0.717, 1.165) is 37.8 Å². The number of aryl methyl sites for hydroxylation is 1. The average molecular weight is 261 g/mol. The van der Waals surface area contributed by atoms with Crippen molar-refractivity contribution in [3.63, 3.8) is 0 Å². The third-order valence-corrected chi connectivity index (χ3v) is 4.11. The number of hydrogen-bond donors (Lipinski definition) is 2. The van der Waals surface area contributed by atoms with Gasteiger partial charge >= 0.3 is 0 Å². The molecule has 1 aliphatic carbocycles. The second-order valence-corrected chi connectivity index (χ2v) is 5.44. The van der Waals surface area contributed by atoms with Crippen molar-refractivity contribution in [1.29, 1.82) is 0 Å². The minimum Gasteiger partial charge on any atom is -0.396 e. The number of aliphatic hydroxyl groups excluding tert-OH is 1. The summed E-state index contributed by atoms with van der Waals surface area (Å²) in [5.74, 6) is 0.627. The summed E-state index contributed by atoms with van der Waals surface area (Å²) in [5, 5.41) is 12.1. The van der Waals surface area contributed by atoms with Crippen molar-refractivity contribution in [1.82, 2.24) is 0 Å². The fourth-order valence-corrected chi connectivity index (χ4v) is 2.68. The Labute approximate surface area is 115 Å². The number of carbonyl (C=O) groups excluding carboxylic acids is 1. The van der Waals surface area contributed by atoms with Gasteiger partial charge in [0.1, 0.15) is 0 Å². The molecule has 0 unspecified atom stereocenters. The lowest BCUT2D eigenvalue weighted by molar-refractivity contribution is -0.121. The Morgan fingerprint density at radius 1 is 1.21 bits per heavy atom. The van der Waals surface area contributed by atoms with Crippen LogP contribution in [0.25, 0.3) is 0 Å². The van der Waals surface area contributed by atoms with Gasteiger partial charge in [0.05, 0.1) is 0 Å². The van der Waals surface area contributed by atoms with Crippen molar-refractivity contribution in [2.24, 2.45) is 11.8 Å². The molecular weight excluding hydrogens is 238 g/mol. The van der Waals surface area contributed by atoms with Crippen molar-refractivity contribution < 1.29 is 9.90 Å². The van der Waals surface area contributed by atoms with E-state index < -0.39 is 0 Å². The second kappa shape index (κ2) is 6.71. The Balaban J connectivity index is 1.86. The normalized spacial score (nSPS) is 23.1. The second-order valence-electron chi connectivity index (χ2n) is 5.44. The lowest BCUT2D eigenvalue weighted by Gasteiger charge is -2.26. The molecule has 1 fully saturated rings. The minimum absolute atomic E-state index is 0.105. The lowest BCUT2D eigenvalue weighted by Crippen LogP contribution is -2.28. The zero-order valence-corrected chi connectivity index (χ0v) is 11.6. The van der Waals surface area contributed by atoms with Crippen molar-refractivity contribution in [2.45, 2.75) is 39.0 Å². The van der Waals surface area contributed by atoms with Crippen LogP contribution in [-0.2, 0) is 11.2 Å². The van der Waals surface area contributed by atoms with Crippen LogP contribution in [0.1, 0.15) is 38.2 Å².